The van der Waals surface area contributed by atoms with Gasteiger partial charge in [0, 0.05) is 133 Å². The standard InChI is InChI=1S/C26H50N2O2.2C21H40N2O2.C20H34N2O3.C18H34N2O2/c1-24(2,3)19-22(20-25(4,5)6)27-30-18-12-10-11-13-23(29)28-16-14-21(15-17-28)26(7,8)9;2*1-17(20(2,3)4)22-25-16-10-8-9-11-19(24)23-14-12-18(13-15-23)21(5,6)7;1-19(2,3)14-7-10-21(11-8-14)16(23)9-12-22-17(24)13-15(18(22)25)20(4,5)6;1-17(2,3)14-10-12-20(13-11-14)16(22)9-7-8-15(21)19-18(4,5)6/h21H,10-20H2,1-9H3;2*18H,8-16H2,1-7H3;14-15H,7-13H2,1-6H3;14H,7-13H2,1-6H3,(H,19,21)/b;22-17+;22-17-;;. The monoisotopic (exact) mass is 1790 g/mol. The highest BCUT2D eigenvalue weighted by atomic mass is 16.6. The van der Waals surface area contributed by atoms with Crippen LogP contribution in [0.2, 0.25) is 0 Å². The first kappa shape index (κ1) is 117. The third-order valence-corrected chi connectivity index (χ3v) is 27.1. The molecule has 6 rings (SSSR count). The van der Waals surface area contributed by atoms with Crippen molar-refractivity contribution in [2.45, 2.75) is 434 Å². The van der Waals surface area contributed by atoms with Crippen molar-refractivity contribution in [2.75, 3.05) is 91.8 Å². The summed E-state index contributed by atoms with van der Waals surface area (Å²) in [4.78, 5) is 126. The second-order valence-corrected chi connectivity index (χ2v) is 50.4. The van der Waals surface area contributed by atoms with E-state index in [9.17, 15) is 38.4 Å². The summed E-state index contributed by atoms with van der Waals surface area (Å²) in [5.74, 6) is 4.34. The van der Waals surface area contributed by atoms with Crippen molar-refractivity contribution in [3.05, 3.63) is 0 Å². The number of carbonyl (C=O) groups is 8. The Bertz CT molecular complexity index is 3250. The van der Waals surface area contributed by atoms with Crippen LogP contribution in [-0.4, -0.2) is 191 Å². The van der Waals surface area contributed by atoms with Gasteiger partial charge >= 0.3 is 0 Å². The molecule has 1 N–H and O–H groups in total. The number of imide groups is 1. The number of oxime groups is 3. The van der Waals surface area contributed by atoms with Gasteiger partial charge in [-0.1, -0.05) is 223 Å². The third kappa shape index (κ3) is 49.6. The van der Waals surface area contributed by atoms with Gasteiger partial charge in [0.15, 0.2) is 0 Å². The molecule has 0 bridgehead atoms. The molecular formula is C106H198N10O11. The van der Waals surface area contributed by atoms with Crippen molar-refractivity contribution in [3.63, 3.8) is 0 Å². The van der Waals surface area contributed by atoms with E-state index < -0.39 is 0 Å². The van der Waals surface area contributed by atoms with E-state index >= 15 is 0 Å². The Kier molecular flexibility index (Phi) is 49.3. The van der Waals surface area contributed by atoms with E-state index in [1.54, 1.807) is 0 Å². The Hall–Kier alpha value is -5.63. The summed E-state index contributed by atoms with van der Waals surface area (Å²) in [6, 6.07) is 0. The van der Waals surface area contributed by atoms with E-state index in [1.807, 2.05) is 65.2 Å². The predicted octanol–water partition coefficient (Wildman–Crippen LogP) is 24.1. The fourth-order valence-corrected chi connectivity index (χ4v) is 17.4. The Morgan fingerprint density at radius 2 is 0.575 bits per heavy atom. The zero-order valence-corrected chi connectivity index (χ0v) is 88.9. The minimum Gasteiger partial charge on any atom is -0.396 e. The highest BCUT2D eigenvalue weighted by Gasteiger charge is 2.45. The first-order valence-corrected chi connectivity index (χ1v) is 50.2. The molecule has 0 radical (unpaired) electrons. The highest BCUT2D eigenvalue weighted by molar-refractivity contribution is 6.04. The van der Waals surface area contributed by atoms with E-state index in [0.29, 0.717) is 110 Å². The first-order valence-electron chi connectivity index (χ1n) is 50.2. The molecule has 127 heavy (non-hydrogen) atoms. The smallest absolute Gasteiger partial charge is 0.233 e. The van der Waals surface area contributed by atoms with Gasteiger partial charge in [-0.05, 0) is 249 Å². The molecule has 21 nitrogen and oxygen atoms in total. The fraction of sp³-hybridized carbons (Fsp3) is 0.896. The molecule has 1 atom stereocenters. The van der Waals surface area contributed by atoms with Crippen LogP contribution in [0.3, 0.4) is 0 Å². The molecule has 0 aliphatic carbocycles. The van der Waals surface area contributed by atoms with Crippen molar-refractivity contribution in [3.8, 4) is 0 Å². The molecule has 6 fully saturated rings. The summed E-state index contributed by atoms with van der Waals surface area (Å²) in [5, 5.41) is 15.7. The molecule has 0 saturated carbocycles. The van der Waals surface area contributed by atoms with E-state index in [-0.39, 0.29) is 92.9 Å². The zero-order valence-electron chi connectivity index (χ0n) is 88.9. The number of piperidine rings is 5. The molecule has 6 aliphatic heterocycles. The van der Waals surface area contributed by atoms with Crippen molar-refractivity contribution < 1.29 is 52.9 Å². The normalized spacial score (nSPS) is 18.5. The third-order valence-electron chi connectivity index (χ3n) is 27.1. The molecule has 1 unspecified atom stereocenters. The Morgan fingerprint density at radius 1 is 0.323 bits per heavy atom. The largest absolute Gasteiger partial charge is 0.396 e. The Labute approximate surface area is 778 Å². The summed E-state index contributed by atoms with van der Waals surface area (Å²) in [6.07, 6.45) is 25.9. The van der Waals surface area contributed by atoms with E-state index in [2.05, 4.69) is 222 Å². The topological polar surface area (TPSA) is 233 Å². The molecule has 0 aromatic carbocycles. The molecule has 8 amide bonds. The summed E-state index contributed by atoms with van der Waals surface area (Å²) < 4.78 is 0. The molecule has 6 heterocycles. The van der Waals surface area contributed by atoms with Gasteiger partial charge in [0.25, 0.3) is 0 Å². The van der Waals surface area contributed by atoms with E-state index in [0.717, 1.165) is 235 Å². The van der Waals surface area contributed by atoms with Gasteiger partial charge in [-0.2, -0.15) is 0 Å². The number of hydrogen-bond donors (Lipinski definition) is 1. The van der Waals surface area contributed by atoms with Crippen LogP contribution < -0.4 is 5.32 Å². The number of nitrogens with one attached hydrogen (secondary N) is 1. The SMILES string of the molecule is C/C(=N/OCCCCCC(=O)N1CCC(C(C)(C)C)CC1)C(C)(C)C.C/C(=N\OCCCCCC(=O)N1CCC(C(C)(C)C)CC1)C(C)(C)C.CC(C)(C)C1CCN(C(=O)CCN2C(=O)CC(C(C)(C)C)C2=O)CC1.CC(C)(C)CC(CC(C)(C)C)=NOCCCCCC(=O)N1CCC(C(C)(C)C)CC1.CC(C)(C)NC(=O)CCCC(=O)N1CCC(C(C)(C)C)CC1. The van der Waals surface area contributed by atoms with Gasteiger partial charge in [0.1, 0.15) is 19.8 Å². The maximum Gasteiger partial charge on any atom is 0.233 e. The van der Waals surface area contributed by atoms with Crippen LogP contribution in [0.4, 0.5) is 0 Å². The van der Waals surface area contributed by atoms with Crippen LogP contribution in [0, 0.1) is 89.7 Å². The molecule has 0 spiro atoms. The van der Waals surface area contributed by atoms with Crippen molar-refractivity contribution in [2.24, 2.45) is 105 Å². The zero-order chi connectivity index (χ0) is 97.1. The second-order valence-electron chi connectivity index (χ2n) is 50.4. The maximum absolute atomic E-state index is 12.5. The molecule has 0 aromatic rings. The van der Waals surface area contributed by atoms with Gasteiger partial charge in [0.05, 0.1) is 23.1 Å². The van der Waals surface area contributed by atoms with E-state index in [1.165, 1.54) is 4.90 Å². The minimum atomic E-state index is -0.266. The fourth-order valence-electron chi connectivity index (χ4n) is 17.4. The number of hydrogen-bond acceptors (Lipinski definition) is 14. The van der Waals surface area contributed by atoms with Gasteiger partial charge in [-0.25, -0.2) is 0 Å². The molecule has 6 saturated heterocycles. The van der Waals surface area contributed by atoms with Crippen LogP contribution in [0.5, 0.6) is 0 Å². The lowest BCUT2D eigenvalue weighted by Gasteiger charge is -2.39. The average Bonchev–Trinajstić information content (AvgIpc) is 1.66. The van der Waals surface area contributed by atoms with Crippen LogP contribution >= 0.6 is 0 Å². The number of unbranched alkanes of at least 4 members (excludes halogenated alkanes) is 6. The number of rotatable bonds is 30. The highest BCUT2D eigenvalue weighted by Crippen LogP contribution is 2.41. The summed E-state index contributed by atoms with van der Waals surface area (Å²) in [5.41, 5.74) is 5.03. The maximum atomic E-state index is 12.5. The molecule has 6 aliphatic rings. The average molecular weight is 1790 g/mol. The Balaban J connectivity index is 0.000000539. The quantitative estimate of drug-likeness (QED) is 0.0307. The number of nitrogens with zero attached hydrogens (tertiary/aromatic N) is 9. The lowest BCUT2D eigenvalue weighted by atomic mass is 9.75. The van der Waals surface area contributed by atoms with Crippen LogP contribution in [0.15, 0.2) is 15.5 Å². The van der Waals surface area contributed by atoms with Crippen molar-refractivity contribution in [1.29, 1.82) is 0 Å². The molecule has 0 aromatic heterocycles. The van der Waals surface area contributed by atoms with E-state index in [4.69, 9.17) is 14.5 Å². The van der Waals surface area contributed by atoms with Crippen LogP contribution in [0.25, 0.3) is 0 Å². The van der Waals surface area contributed by atoms with Crippen molar-refractivity contribution in [1.82, 2.24) is 34.7 Å². The minimum absolute atomic E-state index is 0.0340. The number of likely N-dealkylation sites (tertiary alicyclic amines) is 6. The molecule has 21 heteroatoms. The molecular weight excluding hydrogens is 1590 g/mol. The van der Waals surface area contributed by atoms with Crippen molar-refractivity contribution >= 4 is 64.4 Å². The first-order chi connectivity index (χ1) is 58.1. The van der Waals surface area contributed by atoms with Gasteiger partial charge < -0.3 is 44.3 Å². The van der Waals surface area contributed by atoms with Gasteiger partial charge in [-0.15, -0.1) is 0 Å². The summed E-state index contributed by atoms with van der Waals surface area (Å²) >= 11 is 0. The van der Waals surface area contributed by atoms with Gasteiger partial charge in [0.2, 0.25) is 47.3 Å². The number of amides is 8. The lowest BCUT2D eigenvalue weighted by molar-refractivity contribution is -0.142. The Morgan fingerprint density at radius 3 is 0.803 bits per heavy atom. The van der Waals surface area contributed by atoms with Crippen LogP contribution in [0.1, 0.15) is 429 Å². The van der Waals surface area contributed by atoms with Crippen LogP contribution in [-0.2, 0) is 52.9 Å². The predicted molar refractivity (Wildman–Crippen MR) is 528 cm³/mol. The summed E-state index contributed by atoms with van der Waals surface area (Å²) in [7, 11) is 0. The molecule has 738 valence electrons. The van der Waals surface area contributed by atoms with Gasteiger partial charge in [-0.3, -0.25) is 43.3 Å². The number of carbonyl (C=O) groups excluding carboxylic acids is 8. The lowest BCUT2D eigenvalue weighted by Crippen LogP contribution is -2.43. The summed E-state index contributed by atoms with van der Waals surface area (Å²) in [6.45, 7) is 87.6. The second kappa shape index (κ2) is 53.3.